The Morgan fingerprint density at radius 3 is 1.76 bits per heavy atom. The van der Waals surface area contributed by atoms with E-state index in [0.29, 0.717) is 6.42 Å². The second-order valence-electron chi connectivity index (χ2n) is 7.06. The van der Waals surface area contributed by atoms with Crippen LogP contribution < -0.4 is 0 Å². The van der Waals surface area contributed by atoms with Gasteiger partial charge in [-0.1, -0.05) is 44.1 Å². The molecule has 0 rings (SSSR count). The second-order valence-corrected chi connectivity index (χ2v) is 7.06. The van der Waals surface area contributed by atoms with E-state index in [-0.39, 0.29) is 25.7 Å². The van der Waals surface area contributed by atoms with Crippen molar-refractivity contribution in [2.24, 2.45) is 0 Å². The number of unbranched alkanes of at least 4 members (excludes halogenated alkanes) is 5. The maximum absolute atomic E-state index is 11.2. The monoisotopic (exact) mass is 414 g/mol. The zero-order chi connectivity index (χ0) is 22.1. The molecule has 9 heteroatoms. The van der Waals surface area contributed by atoms with Crippen molar-refractivity contribution < 1.29 is 24.9 Å². The SMILES string of the molecule is CCC(O)C(C/C=C\CC(O)C(C/C=C\CCCCCCC=O)[N+](=O)[O-])[N+](=O)[O-]. The Labute approximate surface area is 171 Å². The zero-order valence-corrected chi connectivity index (χ0v) is 17.1. The molecule has 0 aliphatic rings. The number of hydrogen-bond acceptors (Lipinski definition) is 7. The summed E-state index contributed by atoms with van der Waals surface area (Å²) >= 11 is 0. The Hall–Kier alpha value is -2.13. The number of aliphatic hydroxyl groups excluding tert-OH is 2. The van der Waals surface area contributed by atoms with Gasteiger partial charge in [0.1, 0.15) is 18.5 Å². The number of nitrogens with zero attached hydrogens (tertiary/aromatic N) is 2. The minimum atomic E-state index is -1.20. The molecule has 0 aliphatic heterocycles. The number of carbonyl (C=O) groups excluding carboxylic acids is 1. The lowest BCUT2D eigenvalue weighted by Crippen LogP contribution is -2.33. The van der Waals surface area contributed by atoms with E-state index in [9.17, 15) is 35.2 Å². The van der Waals surface area contributed by atoms with Crippen molar-refractivity contribution in [2.45, 2.75) is 95.4 Å². The Kier molecular flexibility index (Phi) is 15.6. The number of hydrogen-bond donors (Lipinski definition) is 2. The van der Waals surface area contributed by atoms with Crippen LogP contribution in [-0.4, -0.2) is 50.6 Å². The van der Waals surface area contributed by atoms with Crippen LogP contribution in [0.25, 0.3) is 0 Å². The Bertz CT molecular complexity index is 537. The maximum atomic E-state index is 11.2. The molecular weight excluding hydrogens is 380 g/mol. The Morgan fingerprint density at radius 2 is 1.24 bits per heavy atom. The van der Waals surface area contributed by atoms with Gasteiger partial charge >= 0.3 is 0 Å². The quantitative estimate of drug-likeness (QED) is 0.115. The van der Waals surface area contributed by atoms with Gasteiger partial charge in [-0.15, -0.1) is 0 Å². The van der Waals surface area contributed by atoms with Crippen LogP contribution in [0.2, 0.25) is 0 Å². The molecule has 29 heavy (non-hydrogen) atoms. The number of aldehydes is 1. The highest BCUT2D eigenvalue weighted by molar-refractivity contribution is 5.48. The molecule has 0 aromatic rings. The summed E-state index contributed by atoms with van der Waals surface area (Å²) in [6.45, 7) is 1.65. The van der Waals surface area contributed by atoms with Crippen molar-refractivity contribution >= 4 is 6.29 Å². The van der Waals surface area contributed by atoms with Crippen LogP contribution in [0, 0.1) is 20.2 Å². The molecule has 0 aromatic heterocycles. The summed E-state index contributed by atoms with van der Waals surface area (Å²) in [5.74, 6) is 0. The summed E-state index contributed by atoms with van der Waals surface area (Å²) in [7, 11) is 0. The summed E-state index contributed by atoms with van der Waals surface area (Å²) in [5, 5.41) is 41.9. The summed E-state index contributed by atoms with van der Waals surface area (Å²) in [6, 6.07) is -2.27. The lowest BCUT2D eigenvalue weighted by atomic mass is 10.0. The highest BCUT2D eigenvalue weighted by Crippen LogP contribution is 2.13. The van der Waals surface area contributed by atoms with Gasteiger partial charge in [0.25, 0.3) is 0 Å². The smallest absolute Gasteiger partial charge is 0.242 e. The van der Waals surface area contributed by atoms with Gasteiger partial charge in [0, 0.05) is 29.1 Å². The van der Waals surface area contributed by atoms with Gasteiger partial charge in [0.2, 0.25) is 12.1 Å². The van der Waals surface area contributed by atoms with Crippen molar-refractivity contribution in [3.8, 4) is 0 Å². The molecule has 4 unspecified atom stereocenters. The number of aliphatic hydroxyl groups is 2. The lowest BCUT2D eigenvalue weighted by Gasteiger charge is -2.14. The molecule has 4 atom stereocenters. The highest BCUT2D eigenvalue weighted by atomic mass is 16.6. The molecule has 166 valence electrons. The number of nitro groups is 2. The molecule has 0 amide bonds. The number of rotatable bonds is 18. The van der Waals surface area contributed by atoms with Gasteiger partial charge in [-0.3, -0.25) is 20.2 Å². The molecule has 9 nitrogen and oxygen atoms in total. The van der Waals surface area contributed by atoms with Crippen molar-refractivity contribution in [3.05, 3.63) is 44.5 Å². The van der Waals surface area contributed by atoms with Gasteiger partial charge < -0.3 is 15.0 Å². The van der Waals surface area contributed by atoms with Crippen LogP contribution in [0.1, 0.15) is 71.1 Å². The first-order valence-electron chi connectivity index (χ1n) is 10.2. The molecular formula is C20H34N2O7. The van der Waals surface area contributed by atoms with Crippen LogP contribution in [0.15, 0.2) is 24.3 Å². The first-order chi connectivity index (χ1) is 13.8. The van der Waals surface area contributed by atoms with E-state index in [1.165, 1.54) is 12.2 Å². The summed E-state index contributed by atoms with van der Waals surface area (Å²) < 4.78 is 0. The van der Waals surface area contributed by atoms with Gasteiger partial charge in [0.15, 0.2) is 0 Å². The minimum Gasteiger partial charge on any atom is -0.386 e. The second kappa shape index (κ2) is 16.8. The third-order valence-electron chi connectivity index (χ3n) is 4.76. The fourth-order valence-electron chi connectivity index (χ4n) is 2.86. The molecule has 0 saturated heterocycles. The van der Waals surface area contributed by atoms with Crippen molar-refractivity contribution in [1.29, 1.82) is 0 Å². The van der Waals surface area contributed by atoms with Crippen LogP contribution in [-0.2, 0) is 4.79 Å². The van der Waals surface area contributed by atoms with Crippen molar-refractivity contribution in [1.82, 2.24) is 0 Å². The minimum absolute atomic E-state index is 0.00457. The fourth-order valence-corrected chi connectivity index (χ4v) is 2.86. The predicted molar refractivity (Wildman–Crippen MR) is 110 cm³/mol. The molecule has 0 radical (unpaired) electrons. The maximum Gasteiger partial charge on any atom is 0.242 e. The largest absolute Gasteiger partial charge is 0.386 e. The number of allylic oxidation sites excluding steroid dienone is 1. The molecule has 0 fully saturated rings. The van der Waals surface area contributed by atoms with E-state index in [1.807, 2.05) is 6.08 Å². The van der Waals surface area contributed by atoms with Gasteiger partial charge in [-0.25, -0.2) is 0 Å². The third kappa shape index (κ3) is 12.8. The summed E-state index contributed by atoms with van der Waals surface area (Å²) in [6.07, 6.45) is 10.8. The molecule has 0 spiro atoms. The van der Waals surface area contributed by atoms with Crippen molar-refractivity contribution in [2.75, 3.05) is 0 Å². The first kappa shape index (κ1) is 26.9. The average molecular weight is 414 g/mol. The van der Waals surface area contributed by atoms with Gasteiger partial charge in [-0.2, -0.15) is 0 Å². The Morgan fingerprint density at radius 1 is 0.759 bits per heavy atom. The normalized spacial score (nSPS) is 16.0. The van der Waals surface area contributed by atoms with E-state index >= 15 is 0 Å². The van der Waals surface area contributed by atoms with Crippen LogP contribution in [0.5, 0.6) is 0 Å². The number of carbonyl (C=O) groups is 1. The van der Waals surface area contributed by atoms with Crippen molar-refractivity contribution in [3.63, 3.8) is 0 Å². The van der Waals surface area contributed by atoms with Gasteiger partial charge in [0.05, 0.1) is 0 Å². The topological polar surface area (TPSA) is 144 Å². The fraction of sp³-hybridized carbons (Fsp3) is 0.750. The Balaban J connectivity index is 4.33. The molecule has 2 N–H and O–H groups in total. The van der Waals surface area contributed by atoms with Crippen LogP contribution in [0.4, 0.5) is 0 Å². The predicted octanol–water partition coefficient (Wildman–Crippen LogP) is 3.23. The highest BCUT2D eigenvalue weighted by Gasteiger charge is 2.28. The summed E-state index contributed by atoms with van der Waals surface area (Å²) in [4.78, 5) is 31.3. The van der Waals surface area contributed by atoms with E-state index in [2.05, 4.69) is 0 Å². The molecule has 0 bridgehead atoms. The van der Waals surface area contributed by atoms with E-state index in [1.54, 1.807) is 13.0 Å². The molecule has 0 saturated carbocycles. The van der Waals surface area contributed by atoms with E-state index in [4.69, 9.17) is 0 Å². The molecule has 0 aromatic carbocycles. The van der Waals surface area contributed by atoms with E-state index in [0.717, 1.165) is 38.4 Å². The zero-order valence-electron chi connectivity index (χ0n) is 17.1. The van der Waals surface area contributed by atoms with Crippen LogP contribution >= 0.6 is 0 Å². The standard InChI is InChI=1S/C20H34N2O7/c1-2-19(24)17(21(26)27)14-10-11-15-20(25)18(22(28)29)13-9-7-5-3-4-6-8-12-16-23/h7,9-11,16-20,24-25H,2-6,8,12-15H2,1H3/b9-7-,11-10-. The summed E-state index contributed by atoms with van der Waals surface area (Å²) in [5.41, 5.74) is 0. The third-order valence-corrected chi connectivity index (χ3v) is 4.76. The molecule has 0 heterocycles. The molecule has 0 aliphatic carbocycles. The first-order valence-corrected chi connectivity index (χ1v) is 10.2. The average Bonchev–Trinajstić information content (AvgIpc) is 2.68. The lowest BCUT2D eigenvalue weighted by molar-refractivity contribution is -0.533. The van der Waals surface area contributed by atoms with Crippen LogP contribution in [0.3, 0.4) is 0 Å². The van der Waals surface area contributed by atoms with Gasteiger partial charge in [-0.05, 0) is 32.1 Å². The van der Waals surface area contributed by atoms with E-state index < -0.39 is 34.1 Å².